The quantitative estimate of drug-likeness (QED) is 0.447. The second-order valence-electron chi connectivity index (χ2n) is 8.07. The molecule has 0 saturated carbocycles. The van der Waals surface area contributed by atoms with Gasteiger partial charge in [0.15, 0.2) is 0 Å². The smallest absolute Gasteiger partial charge is 0.266 e. The standard InChI is InChI=1S/C25H30ClN3O2/c1-5-7-15-28(24(30)17(3)4)22(6-2)23-27-21-14-9-8-13-20(21)25(31)29(23)19-12-10-11-18(26)16-19/h8-14,16-17,22H,5-7,15H2,1-4H3. The maximum atomic E-state index is 13.6. The summed E-state index contributed by atoms with van der Waals surface area (Å²) in [6.45, 7) is 8.58. The highest BCUT2D eigenvalue weighted by Crippen LogP contribution is 2.28. The van der Waals surface area contributed by atoms with Crippen LogP contribution in [0.4, 0.5) is 0 Å². The summed E-state index contributed by atoms with van der Waals surface area (Å²) in [7, 11) is 0. The van der Waals surface area contributed by atoms with Gasteiger partial charge in [0.05, 0.1) is 22.6 Å². The second kappa shape index (κ2) is 10.1. The summed E-state index contributed by atoms with van der Waals surface area (Å²) in [6.07, 6.45) is 2.52. The Labute approximate surface area is 188 Å². The maximum Gasteiger partial charge on any atom is 0.266 e. The summed E-state index contributed by atoms with van der Waals surface area (Å²) in [5.41, 5.74) is 1.12. The molecule has 0 fully saturated rings. The van der Waals surface area contributed by atoms with Crippen LogP contribution in [0, 0.1) is 5.92 Å². The van der Waals surface area contributed by atoms with E-state index >= 15 is 0 Å². The molecule has 6 heteroatoms. The Balaban J connectivity index is 2.30. The van der Waals surface area contributed by atoms with E-state index in [1.165, 1.54) is 0 Å². The first-order chi connectivity index (χ1) is 14.9. The van der Waals surface area contributed by atoms with E-state index in [1.807, 2.05) is 56.0 Å². The lowest BCUT2D eigenvalue weighted by Crippen LogP contribution is -2.41. The first-order valence-corrected chi connectivity index (χ1v) is 11.3. The minimum absolute atomic E-state index is 0.0698. The fraction of sp³-hybridized carbons (Fsp3) is 0.400. The predicted octanol–water partition coefficient (Wildman–Crippen LogP) is 5.77. The molecule has 0 aliphatic heterocycles. The van der Waals surface area contributed by atoms with Crippen LogP contribution >= 0.6 is 11.6 Å². The van der Waals surface area contributed by atoms with E-state index in [-0.39, 0.29) is 23.4 Å². The van der Waals surface area contributed by atoms with E-state index in [9.17, 15) is 9.59 Å². The van der Waals surface area contributed by atoms with Crippen molar-refractivity contribution in [1.29, 1.82) is 0 Å². The highest BCUT2D eigenvalue weighted by Gasteiger charge is 2.29. The molecule has 1 heterocycles. The number of hydrogen-bond donors (Lipinski definition) is 0. The van der Waals surface area contributed by atoms with Crippen molar-refractivity contribution in [2.45, 2.75) is 53.0 Å². The number of carbonyl (C=O) groups is 1. The summed E-state index contributed by atoms with van der Waals surface area (Å²) < 4.78 is 1.62. The van der Waals surface area contributed by atoms with Crippen molar-refractivity contribution in [2.24, 2.45) is 5.92 Å². The van der Waals surface area contributed by atoms with Crippen molar-refractivity contribution >= 4 is 28.4 Å². The average molecular weight is 440 g/mol. The van der Waals surface area contributed by atoms with Gasteiger partial charge in [-0.3, -0.25) is 14.2 Å². The van der Waals surface area contributed by atoms with Crippen molar-refractivity contribution in [3.63, 3.8) is 0 Å². The van der Waals surface area contributed by atoms with Gasteiger partial charge in [0.25, 0.3) is 5.56 Å². The van der Waals surface area contributed by atoms with Crippen LogP contribution in [0.1, 0.15) is 58.8 Å². The molecule has 0 radical (unpaired) electrons. The Hall–Kier alpha value is -2.66. The lowest BCUT2D eigenvalue weighted by Gasteiger charge is -2.33. The number of hydrogen-bond acceptors (Lipinski definition) is 3. The number of fused-ring (bicyclic) bond motifs is 1. The van der Waals surface area contributed by atoms with E-state index in [1.54, 1.807) is 22.8 Å². The van der Waals surface area contributed by atoms with Gasteiger partial charge >= 0.3 is 0 Å². The van der Waals surface area contributed by atoms with Gasteiger partial charge in [0.1, 0.15) is 5.82 Å². The third-order valence-electron chi connectivity index (χ3n) is 5.46. The second-order valence-corrected chi connectivity index (χ2v) is 8.51. The highest BCUT2D eigenvalue weighted by molar-refractivity contribution is 6.30. The van der Waals surface area contributed by atoms with Crippen LogP contribution in [0.15, 0.2) is 53.3 Å². The number of carbonyl (C=O) groups excluding carboxylic acids is 1. The largest absolute Gasteiger partial charge is 0.332 e. The Kier molecular flexibility index (Phi) is 7.50. The fourth-order valence-corrected chi connectivity index (χ4v) is 4.04. The van der Waals surface area contributed by atoms with E-state index in [4.69, 9.17) is 16.6 Å². The molecule has 0 aliphatic carbocycles. The van der Waals surface area contributed by atoms with Crippen LogP contribution in [0.25, 0.3) is 16.6 Å². The molecule has 0 saturated heterocycles. The summed E-state index contributed by atoms with van der Waals surface area (Å²) in [5.74, 6) is 0.497. The average Bonchev–Trinajstić information content (AvgIpc) is 2.76. The molecule has 3 aromatic rings. The molecular formula is C25H30ClN3O2. The summed E-state index contributed by atoms with van der Waals surface area (Å²) in [4.78, 5) is 33.6. The Morgan fingerprint density at radius 3 is 2.52 bits per heavy atom. The minimum atomic E-state index is -0.322. The lowest BCUT2D eigenvalue weighted by molar-refractivity contribution is -0.137. The number of benzene rings is 2. The summed E-state index contributed by atoms with van der Waals surface area (Å²) >= 11 is 6.25. The van der Waals surface area contributed by atoms with Gasteiger partial charge in [0.2, 0.25) is 5.91 Å². The molecular weight excluding hydrogens is 410 g/mol. The first kappa shape index (κ1) is 23.0. The zero-order valence-electron chi connectivity index (χ0n) is 18.6. The topological polar surface area (TPSA) is 55.2 Å². The number of para-hydroxylation sites is 1. The van der Waals surface area contributed by atoms with Crippen molar-refractivity contribution in [3.05, 3.63) is 69.7 Å². The van der Waals surface area contributed by atoms with Crippen molar-refractivity contribution in [2.75, 3.05) is 6.54 Å². The minimum Gasteiger partial charge on any atom is -0.332 e. The molecule has 1 atom stereocenters. The molecule has 0 bridgehead atoms. The van der Waals surface area contributed by atoms with Crippen LogP contribution in [0.3, 0.4) is 0 Å². The zero-order valence-corrected chi connectivity index (χ0v) is 19.4. The summed E-state index contributed by atoms with van der Waals surface area (Å²) in [6, 6.07) is 14.2. The molecule has 164 valence electrons. The number of nitrogens with zero attached hydrogens (tertiary/aromatic N) is 3. The predicted molar refractivity (Wildman–Crippen MR) is 127 cm³/mol. The van der Waals surface area contributed by atoms with Gasteiger partial charge in [-0.1, -0.05) is 63.9 Å². The van der Waals surface area contributed by atoms with Crippen LogP contribution in [-0.4, -0.2) is 26.9 Å². The van der Waals surface area contributed by atoms with Crippen LogP contribution in [0.5, 0.6) is 0 Å². The van der Waals surface area contributed by atoms with Crippen LogP contribution in [-0.2, 0) is 4.79 Å². The van der Waals surface area contributed by atoms with E-state index < -0.39 is 0 Å². The number of rotatable bonds is 8. The molecule has 2 aromatic carbocycles. The molecule has 0 aliphatic rings. The number of aromatic nitrogens is 2. The molecule has 1 aromatic heterocycles. The van der Waals surface area contributed by atoms with Crippen LogP contribution < -0.4 is 5.56 Å². The number of unbranched alkanes of at least 4 members (excludes halogenated alkanes) is 1. The van der Waals surface area contributed by atoms with E-state index in [2.05, 4.69) is 6.92 Å². The zero-order chi connectivity index (χ0) is 22.5. The van der Waals surface area contributed by atoms with Gasteiger partial charge in [-0.05, 0) is 43.2 Å². The van der Waals surface area contributed by atoms with E-state index in [0.29, 0.717) is 40.4 Å². The third kappa shape index (κ3) is 4.82. The van der Waals surface area contributed by atoms with Gasteiger partial charge in [-0.15, -0.1) is 0 Å². The lowest BCUT2D eigenvalue weighted by atomic mass is 10.1. The van der Waals surface area contributed by atoms with E-state index in [0.717, 1.165) is 12.8 Å². The van der Waals surface area contributed by atoms with Crippen molar-refractivity contribution < 1.29 is 4.79 Å². The normalized spacial score (nSPS) is 12.3. The first-order valence-electron chi connectivity index (χ1n) is 11.0. The Bertz CT molecular complexity index is 1120. The number of amides is 1. The molecule has 1 amide bonds. The SMILES string of the molecule is CCCCN(C(=O)C(C)C)C(CC)c1nc2ccccc2c(=O)n1-c1cccc(Cl)c1. The molecule has 0 N–H and O–H groups in total. The monoisotopic (exact) mass is 439 g/mol. The number of halogens is 1. The Morgan fingerprint density at radius 2 is 1.87 bits per heavy atom. The Morgan fingerprint density at radius 1 is 1.13 bits per heavy atom. The van der Waals surface area contributed by atoms with Crippen molar-refractivity contribution in [3.8, 4) is 5.69 Å². The summed E-state index contributed by atoms with van der Waals surface area (Å²) in [5, 5.41) is 1.08. The highest BCUT2D eigenvalue weighted by atomic mass is 35.5. The van der Waals surface area contributed by atoms with Gasteiger partial charge in [-0.25, -0.2) is 4.98 Å². The maximum absolute atomic E-state index is 13.6. The van der Waals surface area contributed by atoms with Gasteiger partial charge < -0.3 is 4.90 Å². The molecule has 3 rings (SSSR count). The molecule has 31 heavy (non-hydrogen) atoms. The fourth-order valence-electron chi connectivity index (χ4n) is 3.86. The molecule has 1 unspecified atom stereocenters. The third-order valence-corrected chi connectivity index (χ3v) is 5.69. The van der Waals surface area contributed by atoms with Crippen molar-refractivity contribution in [1.82, 2.24) is 14.5 Å². The van der Waals surface area contributed by atoms with Gasteiger partial charge in [0, 0.05) is 17.5 Å². The van der Waals surface area contributed by atoms with Gasteiger partial charge in [-0.2, -0.15) is 0 Å². The molecule has 0 spiro atoms. The molecule has 5 nitrogen and oxygen atoms in total. The van der Waals surface area contributed by atoms with Crippen LogP contribution in [0.2, 0.25) is 5.02 Å².